The number of benzene rings is 1. The van der Waals surface area contributed by atoms with Gasteiger partial charge < -0.3 is 9.88 Å². The van der Waals surface area contributed by atoms with E-state index < -0.39 is 21.5 Å². The van der Waals surface area contributed by atoms with Gasteiger partial charge in [0.1, 0.15) is 12.9 Å². The number of aromatic nitrogens is 5. The van der Waals surface area contributed by atoms with Gasteiger partial charge in [-0.1, -0.05) is 19.9 Å². The Balaban J connectivity index is 1.79. The maximum atomic E-state index is 12.7. The minimum atomic E-state index is -3.75. The van der Waals surface area contributed by atoms with Crippen LogP contribution in [0.15, 0.2) is 58.6 Å². The van der Waals surface area contributed by atoms with Crippen LogP contribution in [0, 0.1) is 0 Å². The highest BCUT2D eigenvalue weighted by molar-refractivity contribution is 7.89. The molecule has 3 rings (SSSR count). The fourth-order valence-corrected chi connectivity index (χ4v) is 4.34. The van der Waals surface area contributed by atoms with E-state index >= 15 is 0 Å². The Labute approximate surface area is 173 Å². The van der Waals surface area contributed by atoms with Crippen molar-refractivity contribution < 1.29 is 13.2 Å². The van der Waals surface area contributed by atoms with Crippen LogP contribution in [0.4, 0.5) is 5.69 Å². The third-order valence-electron chi connectivity index (χ3n) is 4.36. The number of sulfonamides is 1. The van der Waals surface area contributed by atoms with Crippen LogP contribution >= 0.6 is 0 Å². The molecule has 30 heavy (non-hydrogen) atoms. The summed E-state index contributed by atoms with van der Waals surface area (Å²) in [6.07, 6.45) is 2.61. The van der Waals surface area contributed by atoms with Gasteiger partial charge in [0.15, 0.2) is 0 Å². The number of pyridine rings is 1. The molecule has 0 unspecified atom stereocenters. The van der Waals surface area contributed by atoms with Gasteiger partial charge in [-0.15, -0.1) is 5.10 Å². The first-order valence-corrected chi connectivity index (χ1v) is 10.6. The number of hydrogen-bond donors (Lipinski definition) is 1. The highest BCUT2D eigenvalue weighted by atomic mass is 32.2. The van der Waals surface area contributed by atoms with Gasteiger partial charge in [0.25, 0.3) is 5.56 Å². The molecule has 158 valence electrons. The number of nitrogens with one attached hydrogen (secondary N) is 1. The van der Waals surface area contributed by atoms with Crippen molar-refractivity contribution in [2.24, 2.45) is 0 Å². The second-order valence-electron chi connectivity index (χ2n) is 6.27. The van der Waals surface area contributed by atoms with Crippen LogP contribution in [0.5, 0.6) is 0 Å². The van der Waals surface area contributed by atoms with Gasteiger partial charge in [-0.3, -0.25) is 9.59 Å². The molecule has 0 atom stereocenters. The van der Waals surface area contributed by atoms with Gasteiger partial charge in [0.05, 0.1) is 10.6 Å². The molecule has 1 amide bonds. The van der Waals surface area contributed by atoms with Crippen LogP contribution in [0.2, 0.25) is 0 Å². The van der Waals surface area contributed by atoms with E-state index in [4.69, 9.17) is 0 Å². The third-order valence-corrected chi connectivity index (χ3v) is 6.39. The Morgan fingerprint density at radius 1 is 1.17 bits per heavy atom. The Hall–Kier alpha value is -3.38. The number of nitrogens with zero attached hydrogens (tertiary/aromatic N) is 6. The Morgan fingerprint density at radius 2 is 1.93 bits per heavy atom. The van der Waals surface area contributed by atoms with Crippen molar-refractivity contribution in [3.8, 4) is 5.69 Å². The molecule has 12 heteroatoms. The highest BCUT2D eigenvalue weighted by Crippen LogP contribution is 2.15. The van der Waals surface area contributed by atoms with Crippen molar-refractivity contribution in [3.05, 3.63) is 59.3 Å². The number of anilines is 1. The SMILES string of the molecule is CCN(CC)S(=O)(=O)c1ccc(=O)n(CC(=O)Nc2cccc(-n3cnnn3)c2)c1. The molecular formula is C18H21N7O4S. The third kappa shape index (κ3) is 4.60. The lowest BCUT2D eigenvalue weighted by atomic mass is 10.2. The summed E-state index contributed by atoms with van der Waals surface area (Å²) >= 11 is 0. The zero-order chi connectivity index (χ0) is 21.7. The number of hydrogen-bond acceptors (Lipinski definition) is 7. The molecule has 0 saturated heterocycles. The average molecular weight is 431 g/mol. The van der Waals surface area contributed by atoms with E-state index in [-0.39, 0.29) is 11.4 Å². The van der Waals surface area contributed by atoms with Crippen LogP contribution in [-0.2, 0) is 21.4 Å². The molecule has 1 aromatic carbocycles. The maximum absolute atomic E-state index is 12.7. The highest BCUT2D eigenvalue weighted by Gasteiger charge is 2.22. The lowest BCUT2D eigenvalue weighted by molar-refractivity contribution is -0.116. The van der Waals surface area contributed by atoms with Gasteiger partial charge in [0, 0.05) is 31.0 Å². The Kier molecular flexibility index (Phi) is 6.37. The summed E-state index contributed by atoms with van der Waals surface area (Å²) in [4.78, 5) is 24.6. The van der Waals surface area contributed by atoms with E-state index in [1.165, 1.54) is 27.6 Å². The van der Waals surface area contributed by atoms with Gasteiger partial charge in [-0.2, -0.15) is 4.31 Å². The predicted octanol–water partition coefficient (Wildman–Crippen LogP) is 0.493. The van der Waals surface area contributed by atoms with Crippen LogP contribution in [-0.4, -0.2) is 56.5 Å². The summed E-state index contributed by atoms with van der Waals surface area (Å²) < 4.78 is 29.1. The van der Waals surface area contributed by atoms with E-state index in [1.54, 1.807) is 38.1 Å². The molecule has 1 N–H and O–H groups in total. The Bertz CT molecular complexity index is 1190. The van der Waals surface area contributed by atoms with Crippen molar-refractivity contribution in [2.75, 3.05) is 18.4 Å². The van der Waals surface area contributed by atoms with Crippen molar-refractivity contribution in [3.63, 3.8) is 0 Å². The largest absolute Gasteiger partial charge is 0.324 e. The van der Waals surface area contributed by atoms with E-state index in [1.807, 2.05) is 0 Å². The first kappa shape index (κ1) is 21.3. The summed E-state index contributed by atoms with van der Waals surface area (Å²) in [7, 11) is -3.75. The first-order chi connectivity index (χ1) is 14.3. The van der Waals surface area contributed by atoms with Crippen molar-refractivity contribution in [1.29, 1.82) is 0 Å². The van der Waals surface area contributed by atoms with Crippen LogP contribution in [0.3, 0.4) is 0 Å². The quantitative estimate of drug-likeness (QED) is 0.549. The topological polar surface area (TPSA) is 132 Å². The monoisotopic (exact) mass is 431 g/mol. The summed E-state index contributed by atoms with van der Waals surface area (Å²) in [5.74, 6) is -0.483. The second-order valence-corrected chi connectivity index (χ2v) is 8.21. The number of carbonyl (C=O) groups excluding carboxylic acids is 1. The molecule has 0 aliphatic rings. The van der Waals surface area contributed by atoms with Gasteiger partial charge in [0.2, 0.25) is 15.9 Å². The van der Waals surface area contributed by atoms with Crippen LogP contribution in [0.25, 0.3) is 5.69 Å². The molecule has 0 spiro atoms. The molecular weight excluding hydrogens is 410 g/mol. The van der Waals surface area contributed by atoms with Crippen LogP contribution < -0.4 is 10.9 Å². The molecule has 0 bridgehead atoms. The van der Waals surface area contributed by atoms with Crippen molar-refractivity contribution >= 4 is 21.6 Å². The van der Waals surface area contributed by atoms with E-state index in [2.05, 4.69) is 20.8 Å². The Morgan fingerprint density at radius 3 is 2.60 bits per heavy atom. The molecule has 2 aromatic heterocycles. The molecule has 0 aliphatic carbocycles. The second kappa shape index (κ2) is 8.97. The lowest BCUT2D eigenvalue weighted by Gasteiger charge is -2.19. The summed E-state index contributed by atoms with van der Waals surface area (Å²) in [6.45, 7) is 3.73. The zero-order valence-corrected chi connectivity index (χ0v) is 17.3. The van der Waals surface area contributed by atoms with Gasteiger partial charge in [-0.25, -0.2) is 13.1 Å². The number of tetrazole rings is 1. The maximum Gasteiger partial charge on any atom is 0.251 e. The molecule has 11 nitrogen and oxygen atoms in total. The normalized spacial score (nSPS) is 11.6. The standard InChI is InChI=1S/C18H21N7O4S/c1-3-24(4-2)30(28,29)16-8-9-18(27)23(11-16)12-17(26)20-14-6-5-7-15(10-14)25-13-19-21-22-25/h5-11,13H,3-4,12H2,1-2H3,(H,20,26). The number of carbonyl (C=O) groups is 1. The fourth-order valence-electron chi connectivity index (χ4n) is 2.86. The van der Waals surface area contributed by atoms with Gasteiger partial charge >= 0.3 is 0 Å². The number of amides is 1. The fraction of sp³-hybridized carbons (Fsp3) is 0.278. The van der Waals surface area contributed by atoms with Crippen LogP contribution in [0.1, 0.15) is 13.8 Å². The van der Waals surface area contributed by atoms with E-state index in [0.717, 1.165) is 10.6 Å². The average Bonchev–Trinajstić information content (AvgIpc) is 3.25. The van der Waals surface area contributed by atoms with Gasteiger partial charge in [-0.05, 0) is 34.7 Å². The smallest absolute Gasteiger partial charge is 0.251 e. The minimum Gasteiger partial charge on any atom is -0.324 e. The first-order valence-electron chi connectivity index (χ1n) is 9.19. The molecule has 0 saturated carbocycles. The molecule has 0 radical (unpaired) electrons. The van der Waals surface area contributed by atoms with Crippen molar-refractivity contribution in [2.45, 2.75) is 25.3 Å². The van der Waals surface area contributed by atoms with E-state index in [9.17, 15) is 18.0 Å². The molecule has 3 aromatic rings. The predicted molar refractivity (Wildman–Crippen MR) is 109 cm³/mol. The van der Waals surface area contributed by atoms with E-state index in [0.29, 0.717) is 24.5 Å². The summed E-state index contributed by atoms with van der Waals surface area (Å²) in [5.41, 5.74) is 0.640. The molecule has 0 fully saturated rings. The van der Waals surface area contributed by atoms with Crippen molar-refractivity contribution in [1.82, 2.24) is 29.1 Å². The summed E-state index contributed by atoms with van der Waals surface area (Å²) in [6, 6.07) is 9.21. The summed E-state index contributed by atoms with van der Waals surface area (Å²) in [5, 5.41) is 13.6. The molecule has 2 heterocycles. The lowest BCUT2D eigenvalue weighted by Crippen LogP contribution is -2.33. The minimum absolute atomic E-state index is 0.0423. The zero-order valence-electron chi connectivity index (χ0n) is 16.5. The molecule has 0 aliphatic heterocycles. The number of rotatable bonds is 8.